The van der Waals surface area contributed by atoms with Crippen LogP contribution in [0.2, 0.25) is 0 Å². The smallest absolute Gasteiger partial charge is 0.103 e. The lowest BCUT2D eigenvalue weighted by Crippen LogP contribution is -2.19. The van der Waals surface area contributed by atoms with Crippen molar-refractivity contribution in [1.29, 1.82) is 0 Å². The van der Waals surface area contributed by atoms with Crippen LogP contribution in [-0.2, 0) is 0 Å². The second-order valence-corrected chi connectivity index (χ2v) is 7.65. The standard InChI is InChI=1S/C28H23NO/c30-28(25-17-15-21-9-5-7-11-23(21)19-25)27(29-26-12-2-1-3-13-26)24-16-14-20-8-4-6-10-22(20)18-24/h1-19,27-30H/t27?,28-/m0/s1. The number of benzene rings is 5. The molecule has 0 heterocycles. The van der Waals surface area contributed by atoms with Gasteiger partial charge in [0.2, 0.25) is 0 Å². The Balaban J connectivity index is 1.58. The molecule has 5 rings (SSSR count). The van der Waals surface area contributed by atoms with Crippen molar-refractivity contribution in [1.82, 2.24) is 0 Å². The maximum atomic E-state index is 11.5. The van der Waals surface area contributed by atoms with Gasteiger partial charge in [0.25, 0.3) is 0 Å². The van der Waals surface area contributed by atoms with Gasteiger partial charge in [-0.05, 0) is 56.9 Å². The molecule has 1 unspecified atom stereocenters. The average molecular weight is 389 g/mol. The van der Waals surface area contributed by atoms with Gasteiger partial charge in [-0.15, -0.1) is 0 Å². The van der Waals surface area contributed by atoms with E-state index in [1.807, 2.05) is 60.7 Å². The van der Waals surface area contributed by atoms with Gasteiger partial charge >= 0.3 is 0 Å². The van der Waals surface area contributed by atoms with Crippen LogP contribution in [-0.4, -0.2) is 5.11 Å². The van der Waals surface area contributed by atoms with Crippen molar-refractivity contribution >= 4 is 27.2 Å². The number of rotatable bonds is 5. The first-order valence-electron chi connectivity index (χ1n) is 10.2. The molecule has 0 saturated carbocycles. The van der Waals surface area contributed by atoms with Gasteiger partial charge in [0.05, 0.1) is 6.04 Å². The number of aliphatic hydroxyl groups excluding tert-OH is 1. The van der Waals surface area contributed by atoms with Gasteiger partial charge < -0.3 is 10.4 Å². The number of nitrogens with one attached hydrogen (secondary N) is 1. The van der Waals surface area contributed by atoms with E-state index < -0.39 is 6.10 Å². The van der Waals surface area contributed by atoms with Gasteiger partial charge in [-0.25, -0.2) is 0 Å². The van der Waals surface area contributed by atoms with Gasteiger partial charge in [0.15, 0.2) is 0 Å². The fourth-order valence-corrected chi connectivity index (χ4v) is 4.04. The van der Waals surface area contributed by atoms with E-state index in [1.54, 1.807) is 0 Å². The lowest BCUT2D eigenvalue weighted by molar-refractivity contribution is 0.155. The first-order valence-corrected chi connectivity index (χ1v) is 10.2. The van der Waals surface area contributed by atoms with E-state index in [0.29, 0.717) is 0 Å². The van der Waals surface area contributed by atoms with E-state index in [1.165, 1.54) is 16.2 Å². The van der Waals surface area contributed by atoms with Crippen LogP contribution in [0.5, 0.6) is 0 Å². The molecule has 0 amide bonds. The summed E-state index contributed by atoms with van der Waals surface area (Å²) >= 11 is 0. The number of anilines is 1. The normalized spacial score (nSPS) is 13.2. The lowest BCUT2D eigenvalue weighted by atomic mass is 9.92. The van der Waals surface area contributed by atoms with E-state index in [-0.39, 0.29) is 6.04 Å². The highest BCUT2D eigenvalue weighted by Gasteiger charge is 2.23. The summed E-state index contributed by atoms with van der Waals surface area (Å²) in [7, 11) is 0. The molecule has 0 bridgehead atoms. The van der Waals surface area contributed by atoms with Crippen molar-refractivity contribution in [2.24, 2.45) is 0 Å². The average Bonchev–Trinajstić information content (AvgIpc) is 2.82. The molecule has 0 spiro atoms. The van der Waals surface area contributed by atoms with Crippen LogP contribution in [0.25, 0.3) is 21.5 Å². The van der Waals surface area contributed by atoms with Crippen LogP contribution in [0.15, 0.2) is 115 Å². The molecule has 0 aliphatic rings. The maximum absolute atomic E-state index is 11.5. The minimum atomic E-state index is -0.698. The fraction of sp³-hybridized carbons (Fsp3) is 0.0714. The van der Waals surface area contributed by atoms with Crippen molar-refractivity contribution in [3.05, 3.63) is 126 Å². The molecular weight excluding hydrogens is 366 g/mol. The summed E-state index contributed by atoms with van der Waals surface area (Å²) in [4.78, 5) is 0. The Morgan fingerprint density at radius 2 is 1.00 bits per heavy atom. The van der Waals surface area contributed by atoms with E-state index >= 15 is 0 Å². The van der Waals surface area contributed by atoms with Crippen molar-refractivity contribution in [2.45, 2.75) is 12.1 Å². The van der Waals surface area contributed by atoms with E-state index in [2.05, 4.69) is 59.9 Å². The molecule has 2 N–H and O–H groups in total. The first-order chi connectivity index (χ1) is 14.8. The molecule has 2 nitrogen and oxygen atoms in total. The molecule has 5 aromatic carbocycles. The summed E-state index contributed by atoms with van der Waals surface area (Å²) in [6.45, 7) is 0. The molecule has 0 aliphatic carbocycles. The Morgan fingerprint density at radius 3 is 1.63 bits per heavy atom. The van der Waals surface area contributed by atoms with Crippen LogP contribution >= 0.6 is 0 Å². The minimum Gasteiger partial charge on any atom is -0.386 e. The minimum absolute atomic E-state index is 0.279. The highest BCUT2D eigenvalue weighted by atomic mass is 16.3. The number of fused-ring (bicyclic) bond motifs is 2. The quantitative estimate of drug-likeness (QED) is 0.343. The topological polar surface area (TPSA) is 32.3 Å². The largest absolute Gasteiger partial charge is 0.386 e. The molecule has 2 heteroatoms. The maximum Gasteiger partial charge on any atom is 0.103 e. The number of hydrogen-bond acceptors (Lipinski definition) is 2. The highest BCUT2D eigenvalue weighted by Crippen LogP contribution is 2.34. The second-order valence-electron chi connectivity index (χ2n) is 7.65. The van der Waals surface area contributed by atoms with Crippen LogP contribution < -0.4 is 5.32 Å². The molecule has 0 radical (unpaired) electrons. The predicted octanol–water partition coefficient (Wildman–Crippen LogP) is 6.88. The molecule has 0 fully saturated rings. The summed E-state index contributed by atoms with van der Waals surface area (Å²) in [6, 6.07) is 38.9. The molecular formula is C28H23NO. The Labute approximate surface area is 176 Å². The molecule has 0 saturated heterocycles. The Hall–Kier alpha value is -3.62. The fourth-order valence-electron chi connectivity index (χ4n) is 4.04. The van der Waals surface area contributed by atoms with Crippen molar-refractivity contribution < 1.29 is 5.11 Å². The zero-order valence-corrected chi connectivity index (χ0v) is 16.6. The van der Waals surface area contributed by atoms with Gasteiger partial charge in [-0.3, -0.25) is 0 Å². The summed E-state index contributed by atoms with van der Waals surface area (Å²) in [5.41, 5.74) is 2.93. The van der Waals surface area contributed by atoms with Gasteiger partial charge in [0, 0.05) is 5.69 Å². The van der Waals surface area contributed by atoms with Gasteiger partial charge in [-0.1, -0.05) is 91.0 Å². The summed E-state index contributed by atoms with van der Waals surface area (Å²) < 4.78 is 0. The summed E-state index contributed by atoms with van der Waals surface area (Å²) in [6.07, 6.45) is -0.698. The van der Waals surface area contributed by atoms with E-state index in [0.717, 1.165) is 22.2 Å². The number of aliphatic hydroxyl groups is 1. The third-order valence-corrected chi connectivity index (χ3v) is 5.66. The SMILES string of the molecule is O[C@@H](c1ccc2ccccc2c1)C(Nc1ccccc1)c1ccc2ccccc2c1. The van der Waals surface area contributed by atoms with Crippen LogP contribution in [0.4, 0.5) is 5.69 Å². The third-order valence-electron chi connectivity index (χ3n) is 5.66. The number of para-hydroxylation sites is 1. The predicted molar refractivity (Wildman–Crippen MR) is 126 cm³/mol. The van der Waals surface area contributed by atoms with Crippen LogP contribution in [0.1, 0.15) is 23.3 Å². The molecule has 0 aromatic heterocycles. The Kier molecular flexibility index (Phi) is 4.92. The zero-order valence-electron chi connectivity index (χ0n) is 16.6. The van der Waals surface area contributed by atoms with E-state index in [9.17, 15) is 5.11 Å². The summed E-state index contributed by atoms with van der Waals surface area (Å²) in [5.74, 6) is 0. The second kappa shape index (κ2) is 8.02. The number of hydrogen-bond donors (Lipinski definition) is 2. The third kappa shape index (κ3) is 3.66. The zero-order chi connectivity index (χ0) is 20.3. The highest BCUT2D eigenvalue weighted by molar-refractivity contribution is 5.84. The molecule has 2 atom stereocenters. The van der Waals surface area contributed by atoms with Crippen LogP contribution in [0, 0.1) is 0 Å². The molecule has 0 aliphatic heterocycles. The van der Waals surface area contributed by atoms with Crippen molar-refractivity contribution in [2.75, 3.05) is 5.32 Å². The van der Waals surface area contributed by atoms with Gasteiger partial charge in [-0.2, -0.15) is 0 Å². The van der Waals surface area contributed by atoms with Gasteiger partial charge in [0.1, 0.15) is 6.10 Å². The summed E-state index contributed by atoms with van der Waals surface area (Å²) in [5, 5.41) is 19.7. The van der Waals surface area contributed by atoms with Crippen molar-refractivity contribution in [3.63, 3.8) is 0 Å². The first kappa shape index (κ1) is 18.4. The molecule has 30 heavy (non-hydrogen) atoms. The Morgan fingerprint density at radius 1 is 0.500 bits per heavy atom. The monoisotopic (exact) mass is 389 g/mol. The Bertz CT molecular complexity index is 1300. The van der Waals surface area contributed by atoms with E-state index in [4.69, 9.17) is 0 Å². The van der Waals surface area contributed by atoms with Crippen molar-refractivity contribution in [3.8, 4) is 0 Å². The molecule has 5 aromatic rings. The van der Waals surface area contributed by atoms with Crippen LogP contribution in [0.3, 0.4) is 0 Å². The molecule has 146 valence electrons. The lowest BCUT2D eigenvalue weighted by Gasteiger charge is -2.27.